The van der Waals surface area contributed by atoms with Gasteiger partial charge in [-0.2, -0.15) is 0 Å². The fourth-order valence-electron chi connectivity index (χ4n) is 2.75. The number of hydrogen-bond donors (Lipinski definition) is 0. The molecule has 128 valence electrons. The molecule has 0 N–H and O–H groups in total. The molecule has 1 fully saturated rings. The average Bonchev–Trinajstić information content (AvgIpc) is 3.05. The van der Waals surface area contributed by atoms with Crippen LogP contribution in [0.1, 0.15) is 23.1 Å². The van der Waals surface area contributed by atoms with Crippen LogP contribution in [0.2, 0.25) is 0 Å². The summed E-state index contributed by atoms with van der Waals surface area (Å²) in [6.45, 7) is 4.85. The number of hydrogen-bond acceptors (Lipinski definition) is 3. The number of aliphatic imine (C=N–C) groups is 1. The van der Waals surface area contributed by atoms with Gasteiger partial charge in [0.1, 0.15) is 5.75 Å². The molecule has 0 saturated carbocycles. The first kappa shape index (κ1) is 17.0. The monoisotopic (exact) mass is 333 g/mol. The fourth-order valence-corrected chi connectivity index (χ4v) is 2.75. The fraction of sp³-hybridized carbons (Fsp3) is 0.227. The van der Waals surface area contributed by atoms with Crippen LogP contribution < -0.4 is 4.74 Å². The third-order valence-corrected chi connectivity index (χ3v) is 4.16. The minimum atomic E-state index is 0.686. The number of rotatable bonds is 4. The molecule has 25 heavy (non-hydrogen) atoms. The summed E-state index contributed by atoms with van der Waals surface area (Å²) in [5.41, 5.74) is 5.63. The number of methoxy groups -OCH3 is 1. The van der Waals surface area contributed by atoms with Crippen molar-refractivity contribution in [3.05, 3.63) is 76.9 Å². The van der Waals surface area contributed by atoms with E-state index in [9.17, 15) is 0 Å². The Morgan fingerprint density at radius 2 is 1.88 bits per heavy atom. The van der Waals surface area contributed by atoms with Gasteiger partial charge in [-0.25, -0.2) is 4.99 Å². The highest BCUT2D eigenvalue weighted by Crippen LogP contribution is 2.24. The van der Waals surface area contributed by atoms with Crippen LogP contribution in [-0.2, 0) is 4.74 Å². The smallest absolute Gasteiger partial charge is 0.217 e. The van der Waals surface area contributed by atoms with Crippen LogP contribution in [0.3, 0.4) is 0 Å². The molecule has 1 aliphatic rings. The molecule has 1 saturated heterocycles. The molecule has 1 aliphatic heterocycles. The first-order chi connectivity index (χ1) is 12.2. The first-order valence-electron chi connectivity index (χ1n) is 8.46. The SMILES string of the molecule is COc1ccc(/C=C/C=C2\CCOC2=Nc2ccc(C)cc2C)cc1. The van der Waals surface area contributed by atoms with Crippen LogP contribution in [-0.4, -0.2) is 19.6 Å². The lowest BCUT2D eigenvalue weighted by Crippen LogP contribution is -1.96. The Kier molecular flexibility index (Phi) is 5.34. The highest BCUT2D eigenvalue weighted by atomic mass is 16.5. The maximum Gasteiger partial charge on any atom is 0.217 e. The van der Waals surface area contributed by atoms with E-state index in [4.69, 9.17) is 14.5 Å². The molecule has 2 aromatic carbocycles. The van der Waals surface area contributed by atoms with Gasteiger partial charge in [-0.15, -0.1) is 0 Å². The van der Waals surface area contributed by atoms with Gasteiger partial charge in [-0.05, 0) is 43.2 Å². The topological polar surface area (TPSA) is 30.8 Å². The highest BCUT2D eigenvalue weighted by Gasteiger charge is 2.16. The summed E-state index contributed by atoms with van der Waals surface area (Å²) in [6.07, 6.45) is 7.08. The molecule has 0 radical (unpaired) electrons. The Morgan fingerprint density at radius 1 is 1.08 bits per heavy atom. The van der Waals surface area contributed by atoms with Crippen molar-refractivity contribution in [2.75, 3.05) is 13.7 Å². The number of benzene rings is 2. The summed E-state index contributed by atoms with van der Waals surface area (Å²) >= 11 is 0. The average molecular weight is 333 g/mol. The predicted octanol–water partition coefficient (Wildman–Crippen LogP) is 5.40. The van der Waals surface area contributed by atoms with Crippen molar-refractivity contribution in [3.8, 4) is 5.75 Å². The summed E-state index contributed by atoms with van der Waals surface area (Å²) in [6, 6.07) is 14.2. The molecule has 0 amide bonds. The first-order valence-corrected chi connectivity index (χ1v) is 8.46. The highest BCUT2D eigenvalue weighted by molar-refractivity contribution is 5.97. The zero-order valence-corrected chi connectivity index (χ0v) is 15.0. The number of allylic oxidation sites excluding steroid dienone is 2. The van der Waals surface area contributed by atoms with E-state index in [1.807, 2.05) is 36.4 Å². The molecule has 0 aromatic heterocycles. The van der Waals surface area contributed by atoms with Crippen LogP contribution >= 0.6 is 0 Å². The van der Waals surface area contributed by atoms with E-state index in [1.165, 1.54) is 5.56 Å². The molecule has 2 aromatic rings. The lowest BCUT2D eigenvalue weighted by molar-refractivity contribution is 0.344. The Bertz CT molecular complexity index is 830. The normalized spacial score (nSPS) is 17.4. The van der Waals surface area contributed by atoms with E-state index >= 15 is 0 Å². The van der Waals surface area contributed by atoms with Gasteiger partial charge < -0.3 is 9.47 Å². The molecule has 3 rings (SSSR count). The van der Waals surface area contributed by atoms with E-state index in [2.05, 4.69) is 38.1 Å². The molecular formula is C22H23NO2. The quantitative estimate of drug-likeness (QED) is 0.750. The third kappa shape index (κ3) is 4.38. The Hall–Kier alpha value is -2.81. The van der Waals surface area contributed by atoms with Crippen LogP contribution in [0.4, 0.5) is 5.69 Å². The standard InChI is InChI=1S/C22H23NO2/c1-16-7-12-21(17(2)15-16)23-22-19(13-14-25-22)6-4-5-18-8-10-20(24-3)11-9-18/h4-12,15H,13-14H2,1-3H3/b5-4+,19-6+,23-22?. The van der Waals surface area contributed by atoms with Crippen molar-refractivity contribution >= 4 is 17.7 Å². The van der Waals surface area contributed by atoms with Gasteiger partial charge >= 0.3 is 0 Å². The maximum absolute atomic E-state index is 5.72. The molecule has 0 aliphatic carbocycles. The largest absolute Gasteiger partial charge is 0.497 e. The second-order valence-electron chi connectivity index (χ2n) is 6.13. The van der Waals surface area contributed by atoms with E-state index < -0.39 is 0 Å². The summed E-state index contributed by atoms with van der Waals surface area (Å²) in [7, 11) is 1.67. The summed E-state index contributed by atoms with van der Waals surface area (Å²) in [5.74, 6) is 1.59. The lowest BCUT2D eigenvalue weighted by atomic mass is 10.1. The summed E-state index contributed by atoms with van der Waals surface area (Å²) in [5, 5.41) is 0. The van der Waals surface area contributed by atoms with Crippen LogP contribution in [0.5, 0.6) is 5.75 Å². The Labute approximate surface area is 149 Å². The van der Waals surface area contributed by atoms with E-state index in [0.717, 1.165) is 40.5 Å². The van der Waals surface area contributed by atoms with Crippen molar-refractivity contribution < 1.29 is 9.47 Å². The second-order valence-corrected chi connectivity index (χ2v) is 6.13. The van der Waals surface area contributed by atoms with Crippen molar-refractivity contribution in [1.82, 2.24) is 0 Å². The van der Waals surface area contributed by atoms with Gasteiger partial charge in [0.15, 0.2) is 0 Å². The molecule has 0 unspecified atom stereocenters. The minimum Gasteiger partial charge on any atom is -0.497 e. The summed E-state index contributed by atoms with van der Waals surface area (Å²) in [4.78, 5) is 4.70. The number of ether oxygens (including phenoxy) is 2. The van der Waals surface area contributed by atoms with E-state index in [0.29, 0.717) is 6.61 Å². The zero-order chi connectivity index (χ0) is 17.6. The van der Waals surface area contributed by atoms with Crippen LogP contribution in [0, 0.1) is 13.8 Å². The van der Waals surface area contributed by atoms with E-state index in [1.54, 1.807) is 7.11 Å². The zero-order valence-electron chi connectivity index (χ0n) is 15.0. The second kappa shape index (κ2) is 7.84. The molecule has 3 heteroatoms. The predicted molar refractivity (Wildman–Crippen MR) is 104 cm³/mol. The molecule has 3 nitrogen and oxygen atoms in total. The van der Waals surface area contributed by atoms with Crippen LogP contribution in [0.25, 0.3) is 6.08 Å². The lowest BCUT2D eigenvalue weighted by Gasteiger charge is -2.04. The summed E-state index contributed by atoms with van der Waals surface area (Å²) < 4.78 is 10.9. The van der Waals surface area contributed by atoms with Gasteiger partial charge in [0.05, 0.1) is 19.4 Å². The van der Waals surface area contributed by atoms with Gasteiger partial charge in [-0.3, -0.25) is 0 Å². The Morgan fingerprint density at radius 3 is 2.60 bits per heavy atom. The number of nitrogens with zero attached hydrogens (tertiary/aromatic N) is 1. The van der Waals surface area contributed by atoms with Crippen molar-refractivity contribution in [2.45, 2.75) is 20.3 Å². The van der Waals surface area contributed by atoms with Crippen molar-refractivity contribution in [3.63, 3.8) is 0 Å². The molecular weight excluding hydrogens is 310 g/mol. The maximum atomic E-state index is 5.72. The van der Waals surface area contributed by atoms with Gasteiger partial charge in [0.25, 0.3) is 0 Å². The molecule has 0 bridgehead atoms. The minimum absolute atomic E-state index is 0.686. The Balaban J connectivity index is 1.77. The molecule has 1 heterocycles. The van der Waals surface area contributed by atoms with Crippen molar-refractivity contribution in [1.29, 1.82) is 0 Å². The van der Waals surface area contributed by atoms with Gasteiger partial charge in [0.2, 0.25) is 5.90 Å². The van der Waals surface area contributed by atoms with Gasteiger partial charge in [-0.1, -0.05) is 48.1 Å². The molecule has 0 atom stereocenters. The number of aryl methyl sites for hydroxylation is 2. The van der Waals surface area contributed by atoms with E-state index in [-0.39, 0.29) is 0 Å². The van der Waals surface area contributed by atoms with Gasteiger partial charge in [0, 0.05) is 12.0 Å². The van der Waals surface area contributed by atoms with Crippen LogP contribution in [0.15, 0.2) is 65.2 Å². The molecule has 0 spiro atoms. The third-order valence-electron chi connectivity index (χ3n) is 4.16. The van der Waals surface area contributed by atoms with Crippen molar-refractivity contribution in [2.24, 2.45) is 4.99 Å².